The summed E-state index contributed by atoms with van der Waals surface area (Å²) in [5.74, 6) is -0.0525. The van der Waals surface area contributed by atoms with Crippen LogP contribution in [-0.4, -0.2) is 10.2 Å². The van der Waals surface area contributed by atoms with Crippen molar-refractivity contribution in [2.75, 3.05) is 4.90 Å². The van der Waals surface area contributed by atoms with E-state index in [9.17, 15) is 18.0 Å². The number of carbonyl (C=O) groups is 1. The maximum absolute atomic E-state index is 12.8. The van der Waals surface area contributed by atoms with Gasteiger partial charge in [-0.15, -0.1) is 0 Å². The van der Waals surface area contributed by atoms with Gasteiger partial charge in [0.1, 0.15) is 5.76 Å². The molecule has 1 amide bonds. The van der Waals surface area contributed by atoms with Gasteiger partial charge in [0.15, 0.2) is 8.99 Å². The fourth-order valence-electron chi connectivity index (χ4n) is 2.05. The molecule has 0 N–H and O–H groups in total. The molecule has 1 aromatic heterocycles. The Labute approximate surface area is 152 Å². The average molecular weight is 434 g/mol. The van der Waals surface area contributed by atoms with Gasteiger partial charge in [0.25, 0.3) is 5.91 Å². The first-order valence-corrected chi connectivity index (χ1v) is 8.48. The lowest BCUT2D eigenvalue weighted by molar-refractivity contribution is -0.137. The molecule has 1 fully saturated rings. The maximum Gasteiger partial charge on any atom is 0.416 e. The lowest BCUT2D eigenvalue weighted by Gasteiger charge is -2.16. The van der Waals surface area contributed by atoms with Crippen molar-refractivity contribution < 1.29 is 22.4 Å². The van der Waals surface area contributed by atoms with E-state index in [2.05, 4.69) is 15.9 Å². The van der Waals surface area contributed by atoms with E-state index < -0.39 is 17.6 Å². The normalized spacial score (nSPS) is 17.2. The highest BCUT2D eigenvalue weighted by atomic mass is 79.9. The van der Waals surface area contributed by atoms with E-state index in [4.69, 9.17) is 16.6 Å². The molecule has 124 valence electrons. The molecule has 0 saturated carbocycles. The fraction of sp³-hybridized carbons (Fsp3) is 0.0667. The first-order chi connectivity index (χ1) is 11.3. The SMILES string of the molecule is O=C1C(=Cc2ccc(Br)o2)SC(=S)N1c1cccc(C(F)(F)F)c1. The minimum atomic E-state index is -4.49. The van der Waals surface area contributed by atoms with Gasteiger partial charge in [0.05, 0.1) is 16.2 Å². The van der Waals surface area contributed by atoms with Crippen LogP contribution in [-0.2, 0) is 11.0 Å². The van der Waals surface area contributed by atoms with Crippen LogP contribution in [0.4, 0.5) is 18.9 Å². The largest absolute Gasteiger partial charge is 0.450 e. The van der Waals surface area contributed by atoms with Crippen LogP contribution in [0, 0.1) is 0 Å². The van der Waals surface area contributed by atoms with Crippen LogP contribution >= 0.6 is 39.9 Å². The van der Waals surface area contributed by atoms with Crippen LogP contribution in [0.3, 0.4) is 0 Å². The van der Waals surface area contributed by atoms with Crippen molar-refractivity contribution in [1.82, 2.24) is 0 Å². The van der Waals surface area contributed by atoms with Crippen LogP contribution in [0.1, 0.15) is 11.3 Å². The number of nitrogens with zero attached hydrogens (tertiary/aromatic N) is 1. The quantitative estimate of drug-likeness (QED) is 0.464. The van der Waals surface area contributed by atoms with Crippen LogP contribution in [0.25, 0.3) is 6.08 Å². The van der Waals surface area contributed by atoms with Crippen LogP contribution in [0.5, 0.6) is 0 Å². The molecular weight excluding hydrogens is 427 g/mol. The number of carbonyl (C=O) groups excluding carboxylic acids is 1. The van der Waals surface area contributed by atoms with E-state index in [1.807, 2.05) is 0 Å². The Kier molecular flexibility index (Phi) is 4.58. The summed E-state index contributed by atoms with van der Waals surface area (Å²) >= 11 is 9.30. The number of anilines is 1. The molecule has 1 aromatic carbocycles. The molecule has 0 bridgehead atoms. The van der Waals surface area contributed by atoms with Crippen molar-refractivity contribution in [3.8, 4) is 0 Å². The first kappa shape index (κ1) is 17.2. The first-order valence-electron chi connectivity index (χ1n) is 6.46. The molecule has 2 aromatic rings. The third-order valence-corrected chi connectivity index (χ3v) is 4.82. The van der Waals surface area contributed by atoms with Crippen molar-refractivity contribution in [3.05, 3.63) is 57.3 Å². The zero-order chi connectivity index (χ0) is 17.5. The smallest absolute Gasteiger partial charge is 0.416 e. The monoisotopic (exact) mass is 433 g/mol. The van der Waals surface area contributed by atoms with Crippen molar-refractivity contribution in [3.63, 3.8) is 0 Å². The Morgan fingerprint density at radius 3 is 2.62 bits per heavy atom. The molecule has 0 aliphatic carbocycles. The number of halogens is 4. The second-order valence-electron chi connectivity index (χ2n) is 4.71. The van der Waals surface area contributed by atoms with E-state index in [0.717, 1.165) is 28.8 Å². The van der Waals surface area contributed by atoms with Gasteiger partial charge in [-0.05, 0) is 46.3 Å². The minimum absolute atomic E-state index is 0.0800. The predicted molar refractivity (Wildman–Crippen MR) is 93.5 cm³/mol. The average Bonchev–Trinajstić information content (AvgIpc) is 3.02. The molecule has 1 aliphatic rings. The summed E-state index contributed by atoms with van der Waals surface area (Å²) in [5, 5.41) is 0. The van der Waals surface area contributed by atoms with E-state index in [0.29, 0.717) is 10.4 Å². The van der Waals surface area contributed by atoms with Crippen LogP contribution < -0.4 is 4.90 Å². The lowest BCUT2D eigenvalue weighted by atomic mass is 10.2. The van der Waals surface area contributed by atoms with Crippen LogP contribution in [0.15, 0.2) is 50.4 Å². The van der Waals surface area contributed by atoms with E-state index in [1.54, 1.807) is 12.1 Å². The van der Waals surface area contributed by atoms with Gasteiger partial charge in [-0.1, -0.05) is 30.0 Å². The molecule has 1 aliphatic heterocycles. The fourth-order valence-corrected chi connectivity index (χ4v) is 3.64. The summed E-state index contributed by atoms with van der Waals surface area (Å²) in [6.45, 7) is 0. The van der Waals surface area contributed by atoms with Crippen molar-refractivity contribution in [2.45, 2.75) is 6.18 Å². The van der Waals surface area contributed by atoms with E-state index in [-0.39, 0.29) is 14.9 Å². The number of thioether (sulfide) groups is 1. The molecule has 0 spiro atoms. The molecule has 3 rings (SSSR count). The third kappa shape index (κ3) is 3.42. The number of amides is 1. The van der Waals surface area contributed by atoms with Crippen molar-refractivity contribution in [2.24, 2.45) is 0 Å². The zero-order valence-electron chi connectivity index (χ0n) is 11.6. The highest BCUT2D eigenvalue weighted by Gasteiger charge is 2.36. The van der Waals surface area contributed by atoms with Gasteiger partial charge in [0, 0.05) is 6.08 Å². The molecule has 2 heterocycles. The molecule has 1 saturated heterocycles. The van der Waals surface area contributed by atoms with Crippen molar-refractivity contribution >= 4 is 61.9 Å². The number of hydrogen-bond donors (Lipinski definition) is 0. The van der Waals surface area contributed by atoms with Gasteiger partial charge >= 0.3 is 6.18 Å². The summed E-state index contributed by atoms with van der Waals surface area (Å²) < 4.78 is 44.5. The number of rotatable bonds is 2. The molecule has 24 heavy (non-hydrogen) atoms. The highest BCUT2D eigenvalue weighted by molar-refractivity contribution is 9.10. The topological polar surface area (TPSA) is 33.5 Å². The number of benzene rings is 1. The summed E-state index contributed by atoms with van der Waals surface area (Å²) in [7, 11) is 0. The Hall–Kier alpha value is -1.58. The van der Waals surface area contributed by atoms with Crippen LogP contribution in [0.2, 0.25) is 0 Å². The Morgan fingerprint density at radius 2 is 2.00 bits per heavy atom. The molecule has 3 nitrogen and oxygen atoms in total. The molecule has 0 unspecified atom stereocenters. The molecular formula is C15H7BrF3NO2S2. The predicted octanol–water partition coefficient (Wildman–Crippen LogP) is 5.47. The number of furan rings is 1. The van der Waals surface area contributed by atoms with Gasteiger partial charge in [-0.2, -0.15) is 13.2 Å². The van der Waals surface area contributed by atoms with Gasteiger partial charge < -0.3 is 4.42 Å². The standard InChI is InChI=1S/C15H7BrF3NO2S2/c16-12-5-4-10(22-12)7-11-13(21)20(14(23)24-11)9-3-1-2-8(6-9)15(17,18)19/h1-7H. The van der Waals surface area contributed by atoms with Gasteiger partial charge in [-0.3, -0.25) is 9.69 Å². The Bertz CT molecular complexity index is 860. The highest BCUT2D eigenvalue weighted by Crippen LogP contribution is 2.38. The second kappa shape index (κ2) is 6.38. The summed E-state index contributed by atoms with van der Waals surface area (Å²) in [6, 6.07) is 7.81. The Balaban J connectivity index is 1.94. The molecule has 0 radical (unpaired) electrons. The lowest BCUT2D eigenvalue weighted by Crippen LogP contribution is -2.27. The Morgan fingerprint density at radius 1 is 1.25 bits per heavy atom. The zero-order valence-corrected chi connectivity index (χ0v) is 14.9. The van der Waals surface area contributed by atoms with E-state index in [1.165, 1.54) is 18.2 Å². The summed E-state index contributed by atoms with van der Waals surface area (Å²) in [5.41, 5.74) is -0.760. The minimum Gasteiger partial charge on any atom is -0.450 e. The number of alkyl halides is 3. The third-order valence-electron chi connectivity index (χ3n) is 3.09. The van der Waals surface area contributed by atoms with Gasteiger partial charge in [-0.25, -0.2) is 0 Å². The number of hydrogen-bond acceptors (Lipinski definition) is 4. The number of thiocarbonyl (C=S) groups is 1. The van der Waals surface area contributed by atoms with E-state index >= 15 is 0 Å². The maximum atomic E-state index is 12.8. The summed E-state index contributed by atoms with van der Waals surface area (Å²) in [6.07, 6.45) is -3.00. The molecule has 9 heteroatoms. The molecule has 0 atom stereocenters. The second-order valence-corrected chi connectivity index (χ2v) is 7.16. The summed E-state index contributed by atoms with van der Waals surface area (Å²) in [4.78, 5) is 13.9. The van der Waals surface area contributed by atoms with Crippen molar-refractivity contribution in [1.29, 1.82) is 0 Å². The van der Waals surface area contributed by atoms with Gasteiger partial charge in [0.2, 0.25) is 0 Å².